The predicted molar refractivity (Wildman–Crippen MR) is 56.2 cm³/mol. The molecule has 1 radical (unpaired) electrons. The first kappa shape index (κ1) is 10.6. The van der Waals surface area contributed by atoms with Crippen LogP contribution in [0.25, 0.3) is 6.08 Å². The first-order valence-corrected chi connectivity index (χ1v) is 4.47. The maximum absolute atomic E-state index is 9.94. The highest BCUT2D eigenvalue weighted by Gasteiger charge is 2.03. The van der Waals surface area contributed by atoms with Gasteiger partial charge >= 0.3 is 0 Å². The molecule has 0 amide bonds. The van der Waals surface area contributed by atoms with E-state index in [1.54, 1.807) is 18.4 Å². The Morgan fingerprint density at radius 2 is 1.69 bits per heavy atom. The monoisotopic (exact) mass is 233 g/mol. The highest BCUT2D eigenvalue weighted by atomic mass is 35.5. The van der Waals surface area contributed by atoms with Gasteiger partial charge in [0.25, 0.3) is 0 Å². The summed E-state index contributed by atoms with van der Waals surface area (Å²) in [7, 11) is 0. The van der Waals surface area contributed by atoms with E-state index < -0.39 is 0 Å². The van der Waals surface area contributed by atoms with E-state index in [9.17, 15) is 4.79 Å². The molecule has 1 aromatic rings. The maximum atomic E-state index is 9.94. The molecular formula is C9H4Cl3O. The Labute approximate surface area is 90.9 Å². The van der Waals surface area contributed by atoms with E-state index in [0.717, 1.165) is 0 Å². The van der Waals surface area contributed by atoms with E-state index in [2.05, 4.69) is 0 Å². The van der Waals surface area contributed by atoms with Crippen LogP contribution in [0.1, 0.15) is 5.56 Å². The van der Waals surface area contributed by atoms with E-state index in [1.807, 2.05) is 0 Å². The van der Waals surface area contributed by atoms with Crippen LogP contribution in [0.4, 0.5) is 0 Å². The zero-order valence-corrected chi connectivity index (χ0v) is 8.62. The zero-order valence-electron chi connectivity index (χ0n) is 6.35. The third-order valence-corrected chi connectivity index (χ3v) is 2.21. The lowest BCUT2D eigenvalue weighted by molar-refractivity contribution is 0.564. The molecule has 13 heavy (non-hydrogen) atoms. The Hall–Kier alpha value is -0.500. The summed E-state index contributed by atoms with van der Waals surface area (Å²) in [6.07, 6.45) is 4.28. The average molecular weight is 234 g/mol. The maximum Gasteiger partial charge on any atom is 0.225 e. The summed E-state index contributed by atoms with van der Waals surface area (Å²) in [5, 5.41) is 1.27. The largest absolute Gasteiger partial charge is 0.286 e. The summed E-state index contributed by atoms with van der Waals surface area (Å²) in [5.41, 5.74) is 0.566. The normalized spacial score (nSPS) is 10.7. The zero-order chi connectivity index (χ0) is 9.84. The molecule has 0 atom stereocenters. The molecule has 4 heteroatoms. The Balaban J connectivity index is 3.20. The second-order valence-electron chi connectivity index (χ2n) is 2.23. The van der Waals surface area contributed by atoms with E-state index in [0.29, 0.717) is 20.6 Å². The van der Waals surface area contributed by atoms with Gasteiger partial charge in [0.2, 0.25) is 6.29 Å². The van der Waals surface area contributed by atoms with E-state index in [-0.39, 0.29) is 0 Å². The number of allylic oxidation sites excluding steroid dienone is 1. The molecule has 0 saturated carbocycles. The Bertz CT molecular complexity index is 335. The van der Waals surface area contributed by atoms with Crippen LogP contribution in [0.2, 0.25) is 15.1 Å². The van der Waals surface area contributed by atoms with Crippen molar-refractivity contribution in [3.05, 3.63) is 38.8 Å². The molecular weight excluding hydrogens is 230 g/mol. The summed E-state index contributed by atoms with van der Waals surface area (Å²) in [6, 6.07) is 3.11. The number of hydrogen-bond donors (Lipinski definition) is 0. The molecule has 0 bridgehead atoms. The smallest absolute Gasteiger partial charge is 0.225 e. The van der Waals surface area contributed by atoms with Gasteiger partial charge in [-0.2, -0.15) is 0 Å². The fourth-order valence-corrected chi connectivity index (χ4v) is 1.77. The van der Waals surface area contributed by atoms with Gasteiger partial charge in [-0.1, -0.05) is 34.8 Å². The summed E-state index contributed by atoms with van der Waals surface area (Å²) in [6.45, 7) is 0. The third-order valence-electron chi connectivity index (χ3n) is 1.36. The lowest BCUT2D eigenvalue weighted by atomic mass is 10.2. The molecule has 0 heterocycles. The number of rotatable bonds is 2. The van der Waals surface area contributed by atoms with E-state index in [4.69, 9.17) is 34.8 Å². The van der Waals surface area contributed by atoms with Crippen LogP contribution >= 0.6 is 34.8 Å². The Morgan fingerprint density at radius 3 is 2.15 bits per heavy atom. The second-order valence-corrected chi connectivity index (χ2v) is 3.49. The fraction of sp³-hybridized carbons (Fsp3) is 0. The number of halogens is 3. The van der Waals surface area contributed by atoms with Crippen molar-refractivity contribution in [3.63, 3.8) is 0 Å². The molecule has 0 aliphatic carbocycles. The lowest BCUT2D eigenvalue weighted by Gasteiger charge is -2.01. The first-order valence-electron chi connectivity index (χ1n) is 3.34. The lowest BCUT2D eigenvalue weighted by Crippen LogP contribution is -1.78. The van der Waals surface area contributed by atoms with Gasteiger partial charge < -0.3 is 0 Å². The van der Waals surface area contributed by atoms with Gasteiger partial charge in [0.05, 0.1) is 10.0 Å². The van der Waals surface area contributed by atoms with E-state index in [1.165, 1.54) is 12.2 Å². The molecule has 0 aromatic heterocycles. The van der Waals surface area contributed by atoms with Crippen LogP contribution in [-0.4, -0.2) is 6.29 Å². The molecule has 0 fully saturated rings. The quantitative estimate of drug-likeness (QED) is 0.712. The minimum atomic E-state index is 0.406. The molecule has 1 rings (SSSR count). The highest BCUT2D eigenvalue weighted by Crippen LogP contribution is 2.29. The van der Waals surface area contributed by atoms with E-state index >= 15 is 0 Å². The molecule has 0 unspecified atom stereocenters. The van der Waals surface area contributed by atoms with Gasteiger partial charge in [-0.25, -0.2) is 0 Å². The topological polar surface area (TPSA) is 17.1 Å². The molecule has 0 N–H and O–H groups in total. The molecule has 0 aliphatic heterocycles. The number of hydrogen-bond acceptors (Lipinski definition) is 1. The van der Waals surface area contributed by atoms with Crippen molar-refractivity contribution >= 4 is 47.2 Å². The molecule has 0 spiro atoms. The van der Waals surface area contributed by atoms with Crippen molar-refractivity contribution in [3.8, 4) is 0 Å². The van der Waals surface area contributed by atoms with Crippen LogP contribution in [0, 0.1) is 0 Å². The SMILES string of the molecule is O=[C]C=Cc1c(Cl)cc(Cl)cc1Cl. The molecule has 1 nitrogen and oxygen atoms in total. The van der Waals surface area contributed by atoms with Crippen LogP contribution < -0.4 is 0 Å². The van der Waals surface area contributed by atoms with Crippen molar-refractivity contribution in [2.75, 3.05) is 0 Å². The molecule has 67 valence electrons. The van der Waals surface area contributed by atoms with Crippen LogP contribution in [0.3, 0.4) is 0 Å². The van der Waals surface area contributed by atoms with Gasteiger partial charge in [-0.3, -0.25) is 4.79 Å². The summed E-state index contributed by atoms with van der Waals surface area (Å²) < 4.78 is 0. The van der Waals surface area contributed by atoms with Crippen molar-refractivity contribution < 1.29 is 4.79 Å². The van der Waals surface area contributed by atoms with Crippen LogP contribution in [0.15, 0.2) is 18.2 Å². The Morgan fingerprint density at radius 1 is 1.15 bits per heavy atom. The molecule has 0 aliphatic rings. The van der Waals surface area contributed by atoms with Crippen molar-refractivity contribution in [2.45, 2.75) is 0 Å². The highest BCUT2D eigenvalue weighted by molar-refractivity contribution is 6.40. The number of benzene rings is 1. The van der Waals surface area contributed by atoms with Crippen molar-refractivity contribution in [1.29, 1.82) is 0 Å². The van der Waals surface area contributed by atoms with Crippen molar-refractivity contribution in [1.82, 2.24) is 0 Å². The standard InChI is InChI=1S/C9H4Cl3O/c10-6-4-8(11)7(2-1-3-13)9(12)5-6/h1-2,4-5H. The van der Waals surface area contributed by atoms with Gasteiger partial charge in [0.1, 0.15) is 0 Å². The fourth-order valence-electron chi connectivity index (χ4n) is 0.830. The predicted octanol–water partition coefficient (Wildman–Crippen LogP) is 3.77. The third kappa shape index (κ3) is 2.73. The molecule has 1 aromatic carbocycles. The van der Waals surface area contributed by atoms with Gasteiger partial charge in [-0.05, 0) is 24.3 Å². The second kappa shape index (κ2) is 4.66. The Kier molecular flexibility index (Phi) is 3.79. The van der Waals surface area contributed by atoms with Gasteiger partial charge in [0.15, 0.2) is 0 Å². The van der Waals surface area contributed by atoms with Crippen molar-refractivity contribution in [2.24, 2.45) is 0 Å². The summed E-state index contributed by atoms with van der Waals surface area (Å²) in [5.74, 6) is 0. The van der Waals surface area contributed by atoms with Gasteiger partial charge in [0, 0.05) is 10.6 Å². The van der Waals surface area contributed by atoms with Crippen LogP contribution in [-0.2, 0) is 4.79 Å². The summed E-state index contributed by atoms with van der Waals surface area (Å²) in [4.78, 5) is 9.94. The molecule has 0 saturated heterocycles. The van der Waals surface area contributed by atoms with Gasteiger partial charge in [-0.15, -0.1) is 0 Å². The minimum absolute atomic E-state index is 0.406. The minimum Gasteiger partial charge on any atom is -0.286 e. The average Bonchev–Trinajstić information content (AvgIpc) is 2.02. The van der Waals surface area contributed by atoms with Crippen LogP contribution in [0.5, 0.6) is 0 Å². The summed E-state index contributed by atoms with van der Waals surface area (Å²) >= 11 is 17.3. The number of carbonyl (C=O) groups excluding carboxylic acids is 1. The first-order chi connectivity index (χ1) is 6.15.